The van der Waals surface area contributed by atoms with E-state index in [4.69, 9.17) is 4.74 Å². The van der Waals surface area contributed by atoms with Gasteiger partial charge in [0, 0.05) is 9.77 Å². The van der Waals surface area contributed by atoms with Crippen molar-refractivity contribution in [2.45, 2.75) is 6.04 Å². The number of rotatable bonds is 4. The summed E-state index contributed by atoms with van der Waals surface area (Å²) in [6.07, 6.45) is 1.62. The summed E-state index contributed by atoms with van der Waals surface area (Å²) in [7, 11) is 1.28. The molecule has 1 aromatic carbocycles. The van der Waals surface area contributed by atoms with Gasteiger partial charge in [-0.3, -0.25) is 0 Å². The number of hydrogen-bond acceptors (Lipinski definition) is 3. The third kappa shape index (κ3) is 2.84. The number of aromatic carboxylic acids is 1. The van der Waals surface area contributed by atoms with Crippen LogP contribution in [0.25, 0.3) is 0 Å². The van der Waals surface area contributed by atoms with E-state index in [9.17, 15) is 14.7 Å². The molecule has 1 atom stereocenters. The molecule has 2 rings (SSSR count). The van der Waals surface area contributed by atoms with Gasteiger partial charge in [0.05, 0.1) is 7.11 Å². The van der Waals surface area contributed by atoms with Gasteiger partial charge in [-0.2, -0.15) is 0 Å². The first-order valence-electron chi connectivity index (χ1n) is 5.78. The fraction of sp³-hybridized carbons (Fsp3) is 0.143. The second kappa shape index (κ2) is 6.08. The van der Waals surface area contributed by atoms with Crippen LogP contribution in [0.5, 0.6) is 0 Å². The summed E-state index contributed by atoms with van der Waals surface area (Å²) in [5.41, 5.74) is 0.725. The van der Waals surface area contributed by atoms with Crippen LogP contribution in [0.3, 0.4) is 0 Å². The molecule has 0 bridgehead atoms. The lowest BCUT2D eigenvalue weighted by atomic mass is 10.1. The van der Waals surface area contributed by atoms with Gasteiger partial charge in [0.1, 0.15) is 5.69 Å². The molecule has 104 valence electrons. The van der Waals surface area contributed by atoms with Gasteiger partial charge in [-0.1, -0.05) is 30.3 Å². The molecule has 5 nitrogen and oxygen atoms in total. The molecule has 6 heteroatoms. The molecule has 0 saturated heterocycles. The summed E-state index contributed by atoms with van der Waals surface area (Å²) < 4.78 is 6.97. The van der Waals surface area contributed by atoms with E-state index in [1.165, 1.54) is 17.7 Å². The Morgan fingerprint density at radius 1 is 1.30 bits per heavy atom. The molecule has 20 heavy (non-hydrogen) atoms. The van der Waals surface area contributed by atoms with E-state index >= 15 is 0 Å². The summed E-state index contributed by atoms with van der Waals surface area (Å²) >= 11 is 2.01. The lowest BCUT2D eigenvalue weighted by Crippen LogP contribution is -2.24. The van der Waals surface area contributed by atoms with Crippen molar-refractivity contribution < 1.29 is 19.4 Å². The van der Waals surface area contributed by atoms with Crippen LogP contribution in [0.1, 0.15) is 22.1 Å². The van der Waals surface area contributed by atoms with Gasteiger partial charge in [-0.15, -0.1) is 0 Å². The van der Waals surface area contributed by atoms with Crippen molar-refractivity contribution in [3.63, 3.8) is 0 Å². The molecule has 0 saturated carbocycles. The van der Waals surface area contributed by atoms with Crippen molar-refractivity contribution in [2.75, 3.05) is 7.11 Å². The molecule has 2 aromatic rings. The van der Waals surface area contributed by atoms with Crippen LogP contribution in [-0.4, -0.2) is 28.7 Å². The molecule has 0 aliphatic carbocycles. The number of benzene rings is 1. The molecular weight excluding hydrogens is 373 g/mol. The predicted molar refractivity (Wildman–Crippen MR) is 80.7 cm³/mol. The molecule has 0 spiro atoms. The summed E-state index contributed by atoms with van der Waals surface area (Å²) in [4.78, 5) is 23.4. The van der Waals surface area contributed by atoms with Gasteiger partial charge in [0.2, 0.25) is 0 Å². The zero-order valence-corrected chi connectivity index (χ0v) is 12.8. The minimum absolute atomic E-state index is 0.0497. The number of methoxy groups -OCH3 is 1. The SMILES string of the molecule is COC(=O)C(c1ccccc1)n1cc(I)cc1C(=O)O. The van der Waals surface area contributed by atoms with Crippen LogP contribution in [0, 0.1) is 3.57 Å². The molecule has 0 aliphatic rings. The average Bonchev–Trinajstić information content (AvgIpc) is 2.82. The van der Waals surface area contributed by atoms with Gasteiger partial charge < -0.3 is 14.4 Å². The van der Waals surface area contributed by atoms with Crippen LogP contribution in [0.4, 0.5) is 0 Å². The minimum Gasteiger partial charge on any atom is -0.477 e. The normalized spacial score (nSPS) is 11.9. The highest BCUT2D eigenvalue weighted by Gasteiger charge is 2.27. The molecule has 0 radical (unpaired) electrons. The third-order valence-electron chi connectivity index (χ3n) is 2.85. The van der Waals surface area contributed by atoms with Crippen LogP contribution in [-0.2, 0) is 9.53 Å². The predicted octanol–water partition coefficient (Wildman–Crippen LogP) is 2.55. The van der Waals surface area contributed by atoms with Crippen molar-refractivity contribution in [3.8, 4) is 0 Å². The Bertz CT molecular complexity index is 636. The van der Waals surface area contributed by atoms with Gasteiger partial charge in [0.15, 0.2) is 6.04 Å². The van der Waals surface area contributed by atoms with E-state index in [1.807, 2.05) is 28.7 Å². The molecular formula is C14H12INO4. The molecule has 1 heterocycles. The number of ether oxygens (including phenoxy) is 1. The summed E-state index contributed by atoms with van der Waals surface area (Å²) in [6, 6.07) is 9.65. The van der Waals surface area contributed by atoms with Crippen molar-refractivity contribution in [2.24, 2.45) is 0 Å². The number of carboxylic acids is 1. The standard InChI is InChI=1S/C14H12INO4/c1-20-14(19)12(9-5-3-2-4-6-9)16-8-10(15)7-11(16)13(17)18/h2-8,12H,1H3,(H,17,18). The lowest BCUT2D eigenvalue weighted by molar-refractivity contribution is -0.143. The monoisotopic (exact) mass is 385 g/mol. The Labute approximate surface area is 129 Å². The number of carbonyl (C=O) groups excluding carboxylic acids is 1. The second-order valence-corrected chi connectivity index (χ2v) is 5.34. The molecule has 0 amide bonds. The summed E-state index contributed by atoms with van der Waals surface area (Å²) in [5.74, 6) is -1.59. The van der Waals surface area contributed by atoms with Crippen molar-refractivity contribution in [1.29, 1.82) is 0 Å². The highest BCUT2D eigenvalue weighted by atomic mass is 127. The van der Waals surface area contributed by atoms with E-state index in [2.05, 4.69) is 0 Å². The topological polar surface area (TPSA) is 68.5 Å². The number of hydrogen-bond donors (Lipinski definition) is 1. The number of halogens is 1. The van der Waals surface area contributed by atoms with Gasteiger partial charge in [-0.25, -0.2) is 9.59 Å². The maximum absolute atomic E-state index is 12.1. The fourth-order valence-electron chi connectivity index (χ4n) is 1.99. The molecule has 1 unspecified atom stereocenters. The molecule has 1 N–H and O–H groups in total. The summed E-state index contributed by atoms with van der Waals surface area (Å²) in [5, 5.41) is 9.25. The number of aromatic nitrogens is 1. The number of carboxylic acid groups (broad SMARTS) is 1. The Morgan fingerprint density at radius 3 is 2.50 bits per heavy atom. The van der Waals surface area contributed by atoms with Crippen molar-refractivity contribution in [3.05, 3.63) is 57.4 Å². The van der Waals surface area contributed by atoms with Gasteiger partial charge >= 0.3 is 11.9 Å². The van der Waals surface area contributed by atoms with E-state index in [1.54, 1.807) is 30.5 Å². The minimum atomic E-state index is -1.09. The van der Waals surface area contributed by atoms with E-state index in [-0.39, 0.29) is 5.69 Å². The van der Waals surface area contributed by atoms with Crippen LogP contribution in [0.15, 0.2) is 42.6 Å². The Balaban J connectivity index is 2.58. The highest BCUT2D eigenvalue weighted by molar-refractivity contribution is 14.1. The first kappa shape index (κ1) is 14.6. The molecule has 0 fully saturated rings. The highest BCUT2D eigenvalue weighted by Crippen LogP contribution is 2.24. The van der Waals surface area contributed by atoms with E-state index < -0.39 is 18.0 Å². The first-order chi connectivity index (χ1) is 9.54. The quantitative estimate of drug-likeness (QED) is 0.649. The van der Waals surface area contributed by atoms with Crippen LogP contribution < -0.4 is 0 Å². The number of esters is 1. The number of carbonyl (C=O) groups is 2. The molecule has 0 aliphatic heterocycles. The Kier molecular flexibility index (Phi) is 4.43. The van der Waals surface area contributed by atoms with Crippen molar-refractivity contribution >= 4 is 34.5 Å². The first-order valence-corrected chi connectivity index (χ1v) is 6.86. The van der Waals surface area contributed by atoms with Crippen molar-refractivity contribution in [1.82, 2.24) is 4.57 Å². The average molecular weight is 385 g/mol. The zero-order valence-electron chi connectivity index (χ0n) is 10.6. The van der Waals surface area contributed by atoms with Crippen LogP contribution in [0.2, 0.25) is 0 Å². The summed E-state index contributed by atoms with van der Waals surface area (Å²) in [6.45, 7) is 0. The van der Waals surface area contributed by atoms with E-state index in [0.717, 1.165) is 3.57 Å². The molecule has 1 aromatic heterocycles. The van der Waals surface area contributed by atoms with Gasteiger partial charge in [-0.05, 0) is 34.2 Å². The second-order valence-electron chi connectivity index (χ2n) is 4.09. The maximum Gasteiger partial charge on any atom is 0.352 e. The lowest BCUT2D eigenvalue weighted by Gasteiger charge is -2.18. The van der Waals surface area contributed by atoms with Crippen LogP contribution >= 0.6 is 22.6 Å². The fourth-order valence-corrected chi connectivity index (χ4v) is 2.58. The van der Waals surface area contributed by atoms with E-state index in [0.29, 0.717) is 5.56 Å². The smallest absolute Gasteiger partial charge is 0.352 e. The Morgan fingerprint density at radius 2 is 1.95 bits per heavy atom. The largest absolute Gasteiger partial charge is 0.477 e. The maximum atomic E-state index is 12.1. The number of nitrogens with zero attached hydrogens (tertiary/aromatic N) is 1. The third-order valence-corrected chi connectivity index (χ3v) is 3.44. The Hall–Kier alpha value is -1.83. The van der Waals surface area contributed by atoms with Gasteiger partial charge in [0.25, 0.3) is 0 Å². The zero-order chi connectivity index (χ0) is 14.7.